The third-order valence-corrected chi connectivity index (χ3v) is 0. The molecule has 0 aliphatic rings. The second kappa shape index (κ2) is 10.4. The van der Waals surface area contributed by atoms with E-state index in [0.717, 1.165) is 0 Å². The molecule has 0 aromatic heterocycles. The Labute approximate surface area is 134 Å². The Kier molecular flexibility index (Phi) is 29.2. The van der Waals surface area contributed by atoms with Gasteiger partial charge in [0.05, 0.1) is 0 Å². The second-order valence-corrected chi connectivity index (χ2v) is 1.34. The molecule has 0 heterocycles. The van der Waals surface area contributed by atoms with Crippen molar-refractivity contribution in [3.63, 3.8) is 0 Å². The van der Waals surface area contributed by atoms with Crippen LogP contribution in [0.5, 0.6) is 0 Å². The molecule has 0 amide bonds. The Morgan fingerprint density at radius 3 is 1.00 bits per heavy atom. The molecular weight excluding hydrogens is 185 g/mol. The van der Waals surface area contributed by atoms with Crippen LogP contribution in [0, 0.1) is 0 Å². The predicted molar refractivity (Wildman–Crippen MR) is 14.3 cm³/mol. The van der Waals surface area contributed by atoms with Gasteiger partial charge in [-0.25, -0.2) is 0 Å². The van der Waals surface area contributed by atoms with E-state index in [2.05, 4.69) is 0 Å². The normalized spacial score (nSPS) is 7.38. The molecule has 0 radical (unpaired) electrons. The minimum Gasteiger partial charge on any atom is -0.822 e. The van der Waals surface area contributed by atoms with Crippen LogP contribution in [0.2, 0.25) is 0 Å². The van der Waals surface area contributed by atoms with Gasteiger partial charge in [-0.2, -0.15) is 7.82 Å². The third-order valence-electron chi connectivity index (χ3n) is 0. The fourth-order valence-electron chi connectivity index (χ4n) is 0. The molecule has 0 aromatic rings. The van der Waals surface area contributed by atoms with E-state index in [4.69, 9.17) is 19.2 Å². The van der Waals surface area contributed by atoms with E-state index in [9.17, 15) is 0 Å². The molecule has 0 rings (SSSR count). The minimum absolute atomic E-state index is 0. The number of hydrogen-bond acceptors (Lipinski definition) is 4. The van der Waals surface area contributed by atoms with Crippen molar-refractivity contribution in [1.29, 1.82) is 0 Å². The van der Waals surface area contributed by atoms with Crippen LogP contribution in [0.1, 0.15) is 7.43 Å². The summed E-state index contributed by atoms with van der Waals surface area (Å²) in [7, 11) is -5.39. The molecule has 40 valence electrons. The molecule has 0 bridgehead atoms. The summed E-state index contributed by atoms with van der Waals surface area (Å²) in [5.41, 5.74) is 0. The van der Waals surface area contributed by atoms with Crippen molar-refractivity contribution in [3.05, 3.63) is 0 Å². The Hall–Kier alpha value is 3.38. The van der Waals surface area contributed by atoms with Crippen molar-refractivity contribution in [2.75, 3.05) is 0 Å². The van der Waals surface area contributed by atoms with E-state index < -0.39 is 7.82 Å². The van der Waals surface area contributed by atoms with Crippen LogP contribution in [0.3, 0.4) is 0 Å². The van der Waals surface area contributed by atoms with E-state index in [-0.39, 0.29) is 110 Å². The van der Waals surface area contributed by atoms with Crippen LogP contribution >= 0.6 is 7.82 Å². The zero-order valence-corrected chi connectivity index (χ0v) is 11.2. The summed E-state index contributed by atoms with van der Waals surface area (Å²) >= 11 is 0. The summed E-state index contributed by atoms with van der Waals surface area (Å²) in [5.74, 6) is 0. The maximum absolute atomic E-state index is 8.55. The smallest absolute Gasteiger partial charge is 0.822 e. The van der Waals surface area contributed by atoms with Gasteiger partial charge in [0.2, 0.25) is 0 Å². The van der Waals surface area contributed by atoms with Gasteiger partial charge in [-0.1, -0.05) is 7.43 Å². The number of hydrogen-bond donors (Lipinski definition) is 0. The first-order valence-electron chi connectivity index (χ1n) is 0.730. The number of phosphoric acid groups is 1. The molecule has 0 N–H and O–H groups in total. The molecule has 0 aromatic carbocycles. The minimum atomic E-state index is -5.39. The van der Waals surface area contributed by atoms with Crippen LogP contribution < -0.4 is 117 Å². The van der Waals surface area contributed by atoms with Crippen LogP contribution in [0.25, 0.3) is 0 Å². The number of rotatable bonds is 0. The molecule has 0 saturated heterocycles. The third kappa shape index (κ3) is 57.6. The molecule has 0 atom stereocenters. The van der Waals surface area contributed by atoms with Gasteiger partial charge in [0.15, 0.2) is 0 Å². The molecule has 0 spiro atoms. The molecule has 0 aliphatic carbocycles. The first-order valence-corrected chi connectivity index (χ1v) is 2.19. The molecule has 4 nitrogen and oxygen atoms in total. The molecule has 0 saturated carbocycles. The summed E-state index contributed by atoms with van der Waals surface area (Å²) < 4.78 is 8.55. The molecular formula is CH4K2O4P-. The maximum atomic E-state index is 8.55. The van der Waals surface area contributed by atoms with Gasteiger partial charge in [-0.15, -0.1) is 0 Å². The molecule has 0 unspecified atom stereocenters. The van der Waals surface area contributed by atoms with Gasteiger partial charge in [0.1, 0.15) is 0 Å². The van der Waals surface area contributed by atoms with Gasteiger partial charge < -0.3 is 19.2 Å². The zero-order chi connectivity index (χ0) is 4.50. The monoisotopic (exact) mass is 189 g/mol. The fraction of sp³-hybridized carbons (Fsp3) is 1.00. The van der Waals surface area contributed by atoms with E-state index in [1.807, 2.05) is 0 Å². The Morgan fingerprint density at radius 1 is 1.00 bits per heavy atom. The van der Waals surface area contributed by atoms with Crippen molar-refractivity contribution in [2.45, 2.75) is 7.43 Å². The van der Waals surface area contributed by atoms with Crippen molar-refractivity contribution in [2.24, 2.45) is 0 Å². The van der Waals surface area contributed by atoms with Crippen molar-refractivity contribution < 1.29 is 122 Å². The van der Waals surface area contributed by atoms with E-state index >= 15 is 0 Å². The largest absolute Gasteiger partial charge is 1.00 e. The van der Waals surface area contributed by atoms with Crippen molar-refractivity contribution >= 4 is 7.82 Å². The quantitative estimate of drug-likeness (QED) is 0.280. The maximum Gasteiger partial charge on any atom is 1.00 e. The van der Waals surface area contributed by atoms with Gasteiger partial charge in [-0.3, -0.25) is 0 Å². The van der Waals surface area contributed by atoms with Crippen LogP contribution in [-0.4, -0.2) is 0 Å². The predicted octanol–water partition coefficient (Wildman–Crippen LogP) is -8.18. The standard InChI is InChI=1S/CH4.2K.H3O4P/c;;;1-5(2,3)4/h1H4;;;(H3,1,2,3,4)/q;2*+1;/p-3. The van der Waals surface area contributed by atoms with Gasteiger partial charge >= 0.3 is 103 Å². The van der Waals surface area contributed by atoms with E-state index in [1.165, 1.54) is 0 Å². The molecule has 8 heavy (non-hydrogen) atoms. The molecule has 7 heteroatoms. The van der Waals surface area contributed by atoms with Gasteiger partial charge in [0, 0.05) is 0 Å². The van der Waals surface area contributed by atoms with Gasteiger partial charge in [-0.05, 0) is 0 Å². The average Bonchev–Trinajstić information content (AvgIpc) is 0.722. The summed E-state index contributed by atoms with van der Waals surface area (Å²) in [4.78, 5) is 25.6. The molecule has 0 fully saturated rings. The summed E-state index contributed by atoms with van der Waals surface area (Å²) in [6, 6.07) is 0. The van der Waals surface area contributed by atoms with E-state index in [0.29, 0.717) is 0 Å². The fourth-order valence-corrected chi connectivity index (χ4v) is 0. The summed E-state index contributed by atoms with van der Waals surface area (Å²) in [6.07, 6.45) is 0. The Balaban J connectivity index is -0.0000000267. The van der Waals surface area contributed by atoms with E-state index in [1.54, 1.807) is 0 Å². The van der Waals surface area contributed by atoms with Gasteiger partial charge in [0.25, 0.3) is 0 Å². The summed E-state index contributed by atoms with van der Waals surface area (Å²) in [5, 5.41) is 0. The SMILES string of the molecule is C.O=P([O-])([O-])[O-].[K+].[K+]. The van der Waals surface area contributed by atoms with Crippen molar-refractivity contribution in [1.82, 2.24) is 0 Å². The van der Waals surface area contributed by atoms with Crippen LogP contribution in [-0.2, 0) is 4.57 Å². The topological polar surface area (TPSA) is 86.2 Å². The Morgan fingerprint density at radius 2 is 1.00 bits per heavy atom. The first kappa shape index (κ1) is 22.5. The summed E-state index contributed by atoms with van der Waals surface area (Å²) in [6.45, 7) is 0. The zero-order valence-electron chi connectivity index (χ0n) is 4.08. The first-order chi connectivity index (χ1) is 2.00. The average molecular weight is 189 g/mol. The van der Waals surface area contributed by atoms with Crippen LogP contribution in [0.4, 0.5) is 0 Å². The molecule has 0 aliphatic heterocycles. The Bertz CT molecular complexity index is 60.2. The second-order valence-electron chi connectivity index (χ2n) is 0.447. The van der Waals surface area contributed by atoms with Crippen molar-refractivity contribution in [3.8, 4) is 0 Å². The van der Waals surface area contributed by atoms with Crippen LogP contribution in [0.15, 0.2) is 0 Å².